The molecule has 0 amide bonds. The second kappa shape index (κ2) is 5.61. The Morgan fingerprint density at radius 2 is 2.00 bits per heavy atom. The molecule has 0 saturated heterocycles. The predicted molar refractivity (Wildman–Crippen MR) is 85.2 cm³/mol. The summed E-state index contributed by atoms with van der Waals surface area (Å²) in [5.74, 6) is -0.194. The molecule has 5 heteroatoms. The number of nitrogens with zero attached hydrogens (tertiary/aromatic N) is 1. The lowest BCUT2D eigenvalue weighted by Gasteiger charge is -2.03. The van der Waals surface area contributed by atoms with Gasteiger partial charge < -0.3 is 9.84 Å². The normalized spacial score (nSPS) is 16.7. The fourth-order valence-corrected chi connectivity index (χ4v) is 3.10. The molecule has 3 rings (SSSR count). The zero-order valence-corrected chi connectivity index (χ0v) is 12.2. The summed E-state index contributed by atoms with van der Waals surface area (Å²) < 4.78 is 4.69. The Hall–Kier alpha value is -2.27. The van der Waals surface area contributed by atoms with Crippen LogP contribution in [0.5, 0.6) is 0 Å². The molecule has 0 aromatic heterocycles. The predicted octanol–water partition coefficient (Wildman–Crippen LogP) is 3.60. The first-order valence-electron chi connectivity index (χ1n) is 6.40. The summed E-state index contributed by atoms with van der Waals surface area (Å²) in [5, 5.41) is 12.5. The van der Waals surface area contributed by atoms with Gasteiger partial charge in [0.05, 0.1) is 18.6 Å². The van der Waals surface area contributed by atoms with Crippen LogP contribution in [0.1, 0.15) is 0 Å². The van der Waals surface area contributed by atoms with Gasteiger partial charge in [-0.05, 0) is 22.9 Å². The van der Waals surface area contributed by atoms with Crippen LogP contribution in [-0.2, 0) is 9.53 Å². The number of rotatable bonds is 2. The van der Waals surface area contributed by atoms with Crippen molar-refractivity contribution in [1.82, 2.24) is 0 Å². The molecule has 21 heavy (non-hydrogen) atoms. The van der Waals surface area contributed by atoms with E-state index < -0.39 is 5.97 Å². The third-order valence-electron chi connectivity index (χ3n) is 3.20. The summed E-state index contributed by atoms with van der Waals surface area (Å²) in [6.45, 7) is 0. The Labute approximate surface area is 126 Å². The molecule has 1 aliphatic rings. The number of ether oxygens (including phenoxy) is 1. The largest absolute Gasteiger partial charge is 0.510 e. The number of thioether (sulfide) groups is 1. The van der Waals surface area contributed by atoms with E-state index in [9.17, 15) is 9.90 Å². The van der Waals surface area contributed by atoms with Gasteiger partial charge in [-0.2, -0.15) is 0 Å². The number of aliphatic hydroxyl groups is 1. The van der Waals surface area contributed by atoms with Gasteiger partial charge in [0.15, 0.2) is 0 Å². The van der Waals surface area contributed by atoms with Gasteiger partial charge >= 0.3 is 5.97 Å². The van der Waals surface area contributed by atoms with Crippen molar-refractivity contribution < 1.29 is 14.6 Å². The highest BCUT2D eigenvalue weighted by molar-refractivity contribution is 8.15. The van der Waals surface area contributed by atoms with E-state index in [1.807, 2.05) is 42.5 Å². The van der Waals surface area contributed by atoms with Crippen LogP contribution in [0.2, 0.25) is 0 Å². The average Bonchev–Trinajstić information content (AvgIpc) is 2.87. The Morgan fingerprint density at radius 3 is 2.76 bits per heavy atom. The van der Waals surface area contributed by atoms with Crippen molar-refractivity contribution in [3.8, 4) is 0 Å². The number of benzene rings is 2. The number of hydrogen-bond donors (Lipinski definition) is 1. The summed E-state index contributed by atoms with van der Waals surface area (Å²) in [6.07, 6.45) is 0. The quantitative estimate of drug-likeness (QED) is 0.861. The zero-order valence-electron chi connectivity index (χ0n) is 11.4. The third kappa shape index (κ3) is 2.64. The number of methoxy groups -OCH3 is 1. The maximum atomic E-state index is 11.7. The average molecular weight is 299 g/mol. The van der Waals surface area contributed by atoms with E-state index in [0.717, 1.165) is 16.5 Å². The summed E-state index contributed by atoms with van der Waals surface area (Å²) in [7, 11) is 1.29. The number of aliphatic hydroxyl groups excluding tert-OH is 1. The molecule has 0 bridgehead atoms. The van der Waals surface area contributed by atoms with Crippen molar-refractivity contribution in [3.05, 3.63) is 53.8 Å². The summed E-state index contributed by atoms with van der Waals surface area (Å²) in [5.41, 5.74) is 0.906. The molecule has 0 aliphatic carbocycles. The first-order valence-corrected chi connectivity index (χ1v) is 7.38. The fraction of sp³-hybridized carbons (Fsp3) is 0.125. The van der Waals surface area contributed by atoms with E-state index >= 15 is 0 Å². The van der Waals surface area contributed by atoms with Gasteiger partial charge in [0.2, 0.25) is 0 Å². The Balaban J connectivity index is 2.01. The molecule has 0 unspecified atom stereocenters. The van der Waals surface area contributed by atoms with E-state index in [4.69, 9.17) is 4.74 Å². The monoisotopic (exact) mass is 299 g/mol. The van der Waals surface area contributed by atoms with Gasteiger partial charge in [0.25, 0.3) is 0 Å². The van der Waals surface area contributed by atoms with Gasteiger partial charge in [0.1, 0.15) is 16.4 Å². The van der Waals surface area contributed by atoms with Crippen molar-refractivity contribution in [1.29, 1.82) is 0 Å². The molecule has 2 aromatic carbocycles. The number of hydrogen-bond acceptors (Lipinski definition) is 5. The Morgan fingerprint density at radius 1 is 1.24 bits per heavy atom. The van der Waals surface area contributed by atoms with E-state index in [1.165, 1.54) is 18.9 Å². The van der Waals surface area contributed by atoms with Crippen LogP contribution in [-0.4, -0.2) is 29.0 Å². The van der Waals surface area contributed by atoms with Gasteiger partial charge in [-0.1, -0.05) is 42.1 Å². The fourth-order valence-electron chi connectivity index (χ4n) is 2.16. The van der Waals surface area contributed by atoms with Crippen molar-refractivity contribution in [2.75, 3.05) is 12.9 Å². The molecule has 0 saturated carbocycles. The molecule has 1 N–H and O–H groups in total. The molecule has 2 aromatic rings. The van der Waals surface area contributed by atoms with E-state index in [1.54, 1.807) is 0 Å². The van der Waals surface area contributed by atoms with Gasteiger partial charge in [0, 0.05) is 0 Å². The first kappa shape index (κ1) is 13.7. The number of fused-ring (bicyclic) bond motifs is 1. The van der Waals surface area contributed by atoms with Crippen LogP contribution in [0.25, 0.3) is 10.8 Å². The SMILES string of the molecule is COC(=O)C1=C(O)CSC1=Nc1ccc2ccccc2c1. The Kier molecular flexibility index (Phi) is 3.66. The highest BCUT2D eigenvalue weighted by atomic mass is 32.2. The molecule has 0 radical (unpaired) electrons. The van der Waals surface area contributed by atoms with E-state index in [2.05, 4.69) is 4.99 Å². The number of carbonyl (C=O) groups is 1. The van der Waals surface area contributed by atoms with Crippen molar-refractivity contribution in [2.24, 2.45) is 4.99 Å². The second-order valence-corrected chi connectivity index (χ2v) is 5.51. The van der Waals surface area contributed by atoms with Crippen LogP contribution >= 0.6 is 11.8 Å². The van der Waals surface area contributed by atoms with Crippen molar-refractivity contribution >= 4 is 39.2 Å². The van der Waals surface area contributed by atoms with Crippen molar-refractivity contribution in [2.45, 2.75) is 0 Å². The highest BCUT2D eigenvalue weighted by Gasteiger charge is 2.28. The van der Waals surface area contributed by atoms with E-state index in [0.29, 0.717) is 10.8 Å². The molecule has 0 spiro atoms. The molecule has 1 aliphatic heterocycles. The number of esters is 1. The topological polar surface area (TPSA) is 58.9 Å². The van der Waals surface area contributed by atoms with Gasteiger partial charge in [-0.3, -0.25) is 0 Å². The van der Waals surface area contributed by atoms with Crippen LogP contribution in [0.15, 0.2) is 58.8 Å². The van der Waals surface area contributed by atoms with Gasteiger partial charge in [-0.25, -0.2) is 9.79 Å². The maximum Gasteiger partial charge on any atom is 0.344 e. The van der Waals surface area contributed by atoms with Crippen LogP contribution in [0, 0.1) is 0 Å². The first-order chi connectivity index (χ1) is 10.2. The number of aliphatic imine (C=N–C) groups is 1. The molecular weight excluding hydrogens is 286 g/mol. The van der Waals surface area contributed by atoms with Gasteiger partial charge in [-0.15, -0.1) is 0 Å². The lowest BCUT2D eigenvalue weighted by molar-refractivity contribution is -0.135. The molecule has 0 fully saturated rings. The molecule has 1 heterocycles. The van der Waals surface area contributed by atoms with Crippen LogP contribution < -0.4 is 0 Å². The minimum atomic E-state index is -0.558. The van der Waals surface area contributed by atoms with Crippen molar-refractivity contribution in [3.63, 3.8) is 0 Å². The van der Waals surface area contributed by atoms with Crippen LogP contribution in [0.4, 0.5) is 5.69 Å². The smallest absolute Gasteiger partial charge is 0.344 e. The van der Waals surface area contributed by atoms with E-state index in [-0.39, 0.29) is 11.3 Å². The summed E-state index contributed by atoms with van der Waals surface area (Å²) in [4.78, 5) is 16.2. The lowest BCUT2D eigenvalue weighted by atomic mass is 10.1. The molecule has 106 valence electrons. The zero-order chi connectivity index (χ0) is 14.8. The Bertz CT molecular complexity index is 780. The summed E-state index contributed by atoms with van der Waals surface area (Å²) in [6, 6.07) is 13.8. The molecule has 0 atom stereocenters. The standard InChI is InChI=1S/C16H13NO3S/c1-20-16(19)14-13(18)9-21-15(14)17-12-7-6-10-4-2-3-5-11(10)8-12/h2-8,18H,9H2,1H3. The second-order valence-electron chi connectivity index (χ2n) is 4.55. The molecular formula is C16H13NO3S. The number of carbonyl (C=O) groups excluding carboxylic acids is 1. The maximum absolute atomic E-state index is 11.7. The summed E-state index contributed by atoms with van der Waals surface area (Å²) >= 11 is 1.33. The molecule has 4 nitrogen and oxygen atoms in total. The third-order valence-corrected chi connectivity index (χ3v) is 4.19. The van der Waals surface area contributed by atoms with Crippen LogP contribution in [0.3, 0.4) is 0 Å². The minimum absolute atomic E-state index is 0.0198. The highest BCUT2D eigenvalue weighted by Crippen LogP contribution is 2.30. The minimum Gasteiger partial charge on any atom is -0.510 e. The lowest BCUT2D eigenvalue weighted by Crippen LogP contribution is -2.10.